The summed E-state index contributed by atoms with van der Waals surface area (Å²) in [5, 5.41) is 19.7. The topological polar surface area (TPSA) is 66.8 Å². The fourth-order valence-corrected chi connectivity index (χ4v) is 1.97. The average Bonchev–Trinajstić information content (AvgIpc) is 2.39. The van der Waals surface area contributed by atoms with Crippen LogP contribution in [-0.4, -0.2) is 28.9 Å². The minimum atomic E-state index is -1.53. The fourth-order valence-electron chi connectivity index (χ4n) is 1.97. The third kappa shape index (κ3) is 3.10. The third-order valence-corrected chi connectivity index (χ3v) is 3.10. The number of hydrogen-bond donors (Lipinski definition) is 2. The lowest BCUT2D eigenvalue weighted by Crippen LogP contribution is -2.32. The standard InChI is InChI=1S/C15H16O4/c1-19-15(18)8-7-12(14(17)10-15)13(16)9-11-5-3-2-4-6-11/h2-8,17-18H,9-10H2,1H3. The molecular formula is C15H16O4. The maximum atomic E-state index is 12.1. The van der Waals surface area contributed by atoms with Crippen LogP contribution in [0.3, 0.4) is 0 Å². The highest BCUT2D eigenvalue weighted by atomic mass is 16.6. The van der Waals surface area contributed by atoms with Gasteiger partial charge in [-0.1, -0.05) is 30.3 Å². The summed E-state index contributed by atoms with van der Waals surface area (Å²) in [5.41, 5.74) is 1.11. The van der Waals surface area contributed by atoms with Gasteiger partial charge in [0.05, 0.1) is 12.0 Å². The Kier molecular flexibility index (Phi) is 3.83. The molecule has 0 saturated heterocycles. The molecule has 0 fully saturated rings. The molecule has 0 radical (unpaired) electrons. The first-order chi connectivity index (χ1) is 9.04. The van der Waals surface area contributed by atoms with Gasteiger partial charge in [0.25, 0.3) is 0 Å². The number of benzene rings is 1. The molecule has 100 valence electrons. The first-order valence-corrected chi connectivity index (χ1v) is 6.00. The Labute approximate surface area is 111 Å². The molecule has 0 spiro atoms. The van der Waals surface area contributed by atoms with Crippen molar-refractivity contribution in [2.45, 2.75) is 18.6 Å². The highest BCUT2D eigenvalue weighted by Crippen LogP contribution is 2.27. The molecule has 0 saturated carbocycles. The highest BCUT2D eigenvalue weighted by molar-refractivity contribution is 6.00. The first kappa shape index (κ1) is 13.5. The molecule has 1 aliphatic carbocycles. The lowest BCUT2D eigenvalue weighted by molar-refractivity contribution is -0.150. The quantitative estimate of drug-likeness (QED) is 0.811. The molecule has 0 heterocycles. The van der Waals surface area contributed by atoms with E-state index in [0.29, 0.717) is 0 Å². The molecule has 0 aromatic heterocycles. The predicted molar refractivity (Wildman–Crippen MR) is 70.5 cm³/mol. The van der Waals surface area contributed by atoms with Crippen molar-refractivity contribution < 1.29 is 19.7 Å². The summed E-state index contributed by atoms with van der Waals surface area (Å²) in [7, 11) is 1.34. The number of aliphatic hydroxyl groups excluding tert-OH is 1. The van der Waals surface area contributed by atoms with Gasteiger partial charge in [0.2, 0.25) is 0 Å². The zero-order valence-electron chi connectivity index (χ0n) is 10.7. The van der Waals surface area contributed by atoms with Crippen LogP contribution < -0.4 is 0 Å². The fraction of sp³-hybridized carbons (Fsp3) is 0.267. The Morgan fingerprint density at radius 3 is 2.63 bits per heavy atom. The van der Waals surface area contributed by atoms with E-state index in [1.807, 2.05) is 30.3 Å². The van der Waals surface area contributed by atoms with E-state index in [2.05, 4.69) is 0 Å². The molecule has 4 heteroatoms. The molecule has 4 nitrogen and oxygen atoms in total. The average molecular weight is 260 g/mol. The number of Topliss-reactive ketones (excluding diaryl/α,β-unsaturated/α-hetero) is 1. The molecular weight excluding hydrogens is 244 g/mol. The number of carbonyl (C=O) groups excluding carboxylic acids is 1. The SMILES string of the molecule is COC1(O)C=CC(C(=O)Cc2ccccc2)=C(O)C1. The Bertz CT molecular complexity index is 530. The van der Waals surface area contributed by atoms with Crippen LogP contribution in [0.2, 0.25) is 0 Å². The van der Waals surface area contributed by atoms with Crippen LogP contribution in [0.25, 0.3) is 0 Å². The lowest BCUT2D eigenvalue weighted by atomic mass is 9.94. The van der Waals surface area contributed by atoms with E-state index in [-0.39, 0.29) is 30.0 Å². The first-order valence-electron chi connectivity index (χ1n) is 6.00. The second kappa shape index (κ2) is 5.38. The predicted octanol–water partition coefficient (Wildman–Crippen LogP) is 1.91. The van der Waals surface area contributed by atoms with E-state index in [0.717, 1.165) is 5.56 Å². The number of carbonyl (C=O) groups is 1. The van der Waals surface area contributed by atoms with Crippen LogP contribution in [-0.2, 0) is 16.0 Å². The van der Waals surface area contributed by atoms with Crippen LogP contribution in [0.15, 0.2) is 53.8 Å². The molecule has 1 unspecified atom stereocenters. The Balaban J connectivity index is 2.13. The van der Waals surface area contributed by atoms with Crippen molar-refractivity contribution in [3.63, 3.8) is 0 Å². The van der Waals surface area contributed by atoms with Crippen molar-refractivity contribution in [1.82, 2.24) is 0 Å². The second-order valence-electron chi connectivity index (χ2n) is 4.50. The smallest absolute Gasteiger partial charge is 0.192 e. The Morgan fingerprint density at radius 1 is 1.37 bits per heavy atom. The summed E-state index contributed by atoms with van der Waals surface area (Å²) < 4.78 is 4.86. The van der Waals surface area contributed by atoms with Crippen molar-refractivity contribution in [2.75, 3.05) is 7.11 Å². The van der Waals surface area contributed by atoms with E-state index in [4.69, 9.17) is 4.74 Å². The number of methoxy groups -OCH3 is 1. The van der Waals surface area contributed by atoms with E-state index in [1.54, 1.807) is 0 Å². The Hall–Kier alpha value is -1.91. The number of ketones is 1. The van der Waals surface area contributed by atoms with Crippen molar-refractivity contribution in [3.8, 4) is 0 Å². The minimum Gasteiger partial charge on any atom is -0.511 e. The molecule has 1 aromatic rings. The van der Waals surface area contributed by atoms with Crippen LogP contribution in [0.5, 0.6) is 0 Å². The van der Waals surface area contributed by atoms with Crippen molar-refractivity contribution in [3.05, 3.63) is 59.4 Å². The molecule has 1 atom stereocenters. The zero-order valence-corrected chi connectivity index (χ0v) is 10.7. The van der Waals surface area contributed by atoms with Crippen molar-refractivity contribution >= 4 is 5.78 Å². The van der Waals surface area contributed by atoms with Crippen molar-refractivity contribution in [1.29, 1.82) is 0 Å². The van der Waals surface area contributed by atoms with Crippen LogP contribution in [0.4, 0.5) is 0 Å². The van der Waals surface area contributed by atoms with Gasteiger partial charge in [-0.3, -0.25) is 4.79 Å². The second-order valence-corrected chi connectivity index (χ2v) is 4.50. The molecule has 0 aliphatic heterocycles. The van der Waals surface area contributed by atoms with Gasteiger partial charge in [0, 0.05) is 13.5 Å². The molecule has 1 aliphatic rings. The zero-order chi connectivity index (χ0) is 13.9. The van der Waals surface area contributed by atoms with Gasteiger partial charge in [0.1, 0.15) is 5.76 Å². The molecule has 0 bridgehead atoms. The van der Waals surface area contributed by atoms with E-state index in [9.17, 15) is 15.0 Å². The largest absolute Gasteiger partial charge is 0.511 e. The van der Waals surface area contributed by atoms with Crippen LogP contribution in [0, 0.1) is 0 Å². The normalized spacial score (nSPS) is 22.6. The Morgan fingerprint density at radius 2 is 2.05 bits per heavy atom. The highest BCUT2D eigenvalue weighted by Gasteiger charge is 2.31. The molecule has 0 amide bonds. The number of ether oxygens (including phenoxy) is 1. The van der Waals surface area contributed by atoms with Crippen molar-refractivity contribution in [2.24, 2.45) is 0 Å². The number of hydrogen-bond acceptors (Lipinski definition) is 4. The maximum absolute atomic E-state index is 12.1. The summed E-state index contributed by atoms with van der Waals surface area (Å²) in [6, 6.07) is 9.31. The van der Waals surface area contributed by atoms with Crippen LogP contribution in [0.1, 0.15) is 12.0 Å². The summed E-state index contributed by atoms with van der Waals surface area (Å²) in [4.78, 5) is 12.1. The molecule has 2 N–H and O–H groups in total. The summed E-state index contributed by atoms with van der Waals surface area (Å²) in [5.74, 6) is -1.86. The van der Waals surface area contributed by atoms with Gasteiger partial charge in [-0.2, -0.15) is 0 Å². The number of rotatable bonds is 4. The lowest BCUT2D eigenvalue weighted by Gasteiger charge is -2.26. The van der Waals surface area contributed by atoms with Gasteiger partial charge in [-0.05, 0) is 17.7 Å². The molecule has 19 heavy (non-hydrogen) atoms. The summed E-state index contributed by atoms with van der Waals surface area (Å²) in [6.45, 7) is 0. The third-order valence-electron chi connectivity index (χ3n) is 3.10. The summed E-state index contributed by atoms with van der Waals surface area (Å²) in [6.07, 6.45) is 2.89. The minimum absolute atomic E-state index is 0.115. The van der Waals surface area contributed by atoms with Gasteiger partial charge in [0.15, 0.2) is 11.6 Å². The summed E-state index contributed by atoms with van der Waals surface area (Å²) >= 11 is 0. The van der Waals surface area contributed by atoms with Gasteiger partial charge in [-0.15, -0.1) is 0 Å². The molecule has 2 rings (SSSR count). The molecule has 1 aromatic carbocycles. The van der Waals surface area contributed by atoms with E-state index < -0.39 is 5.79 Å². The monoisotopic (exact) mass is 260 g/mol. The van der Waals surface area contributed by atoms with Gasteiger partial charge in [-0.25, -0.2) is 0 Å². The number of aliphatic hydroxyl groups is 2. The number of allylic oxidation sites excluding steroid dienone is 2. The van der Waals surface area contributed by atoms with Crippen LogP contribution >= 0.6 is 0 Å². The van der Waals surface area contributed by atoms with E-state index >= 15 is 0 Å². The maximum Gasteiger partial charge on any atom is 0.192 e. The van der Waals surface area contributed by atoms with Gasteiger partial charge < -0.3 is 14.9 Å². The van der Waals surface area contributed by atoms with Gasteiger partial charge >= 0.3 is 0 Å². The van der Waals surface area contributed by atoms with E-state index in [1.165, 1.54) is 19.3 Å².